The largest absolute Gasteiger partial charge is 0.237 e. The van der Waals surface area contributed by atoms with Gasteiger partial charge in [0.2, 0.25) is 0 Å². The van der Waals surface area contributed by atoms with Crippen LogP contribution in [-0.2, 0) is 0 Å². The van der Waals surface area contributed by atoms with Crippen LogP contribution in [0.1, 0.15) is 11.4 Å². The van der Waals surface area contributed by atoms with Gasteiger partial charge < -0.3 is 0 Å². The number of benzene rings is 11. The van der Waals surface area contributed by atoms with Crippen LogP contribution in [0.15, 0.2) is 158 Å². The van der Waals surface area contributed by atoms with E-state index in [4.69, 9.17) is 5.10 Å². The van der Waals surface area contributed by atoms with Crippen LogP contribution in [0.25, 0.3) is 114 Å². The molecule has 12 aromatic rings. The summed E-state index contributed by atoms with van der Waals surface area (Å²) >= 11 is 0. The topological polar surface area (TPSA) is 17.8 Å². The van der Waals surface area contributed by atoms with Crippen LogP contribution in [-0.4, -0.2) is 9.78 Å². The van der Waals surface area contributed by atoms with Gasteiger partial charge in [0.05, 0.1) is 11.4 Å². The molecule has 0 aliphatic heterocycles. The Morgan fingerprint density at radius 3 is 1.45 bits per heavy atom. The minimum absolute atomic E-state index is 1.03. The Hall–Kier alpha value is -6.77. The van der Waals surface area contributed by atoms with Crippen molar-refractivity contribution in [1.29, 1.82) is 0 Å². The highest BCUT2D eigenvalue weighted by atomic mass is 15.3. The fraction of sp³-hybridized carbons (Fsp3) is 0.0392. The predicted molar refractivity (Wildman–Crippen MR) is 226 cm³/mol. The van der Waals surface area contributed by atoms with E-state index in [1.54, 1.807) is 0 Å². The zero-order valence-electron chi connectivity index (χ0n) is 29.4. The first-order chi connectivity index (χ1) is 26.1. The second kappa shape index (κ2) is 10.4. The molecule has 0 unspecified atom stereocenters. The first kappa shape index (κ1) is 28.9. The van der Waals surface area contributed by atoms with Crippen molar-refractivity contribution < 1.29 is 0 Å². The number of hydrogen-bond acceptors (Lipinski definition) is 1. The average molecular weight is 673 g/mol. The third-order valence-corrected chi connectivity index (χ3v) is 12.0. The maximum absolute atomic E-state index is 5.36. The molecular weight excluding hydrogens is 641 g/mol. The maximum Gasteiger partial charge on any atom is 0.0734 e. The van der Waals surface area contributed by atoms with Gasteiger partial charge >= 0.3 is 0 Å². The zero-order chi connectivity index (χ0) is 34.9. The van der Waals surface area contributed by atoms with Gasteiger partial charge in [-0.25, -0.2) is 4.68 Å². The minimum atomic E-state index is 1.03. The molecule has 1 aromatic heterocycles. The first-order valence-corrected chi connectivity index (χ1v) is 18.5. The van der Waals surface area contributed by atoms with E-state index in [-0.39, 0.29) is 0 Å². The highest BCUT2D eigenvalue weighted by Gasteiger charge is 2.24. The van der Waals surface area contributed by atoms with E-state index in [2.05, 4.69) is 176 Å². The normalized spacial score (nSPS) is 12.3. The Balaban J connectivity index is 1.17. The van der Waals surface area contributed by atoms with E-state index in [1.807, 2.05) is 0 Å². The lowest BCUT2D eigenvalue weighted by atomic mass is 9.83. The van der Waals surface area contributed by atoms with Crippen LogP contribution in [0, 0.1) is 13.8 Å². The molecule has 1 heterocycles. The highest BCUT2D eigenvalue weighted by molar-refractivity contribution is 6.30. The van der Waals surface area contributed by atoms with Crippen LogP contribution in [0.4, 0.5) is 0 Å². The second-order valence-corrected chi connectivity index (χ2v) is 14.7. The Kier molecular flexibility index (Phi) is 5.67. The maximum atomic E-state index is 5.36. The molecule has 12 rings (SSSR count). The third kappa shape index (κ3) is 3.80. The van der Waals surface area contributed by atoms with Crippen molar-refractivity contribution in [1.82, 2.24) is 9.78 Å². The van der Waals surface area contributed by atoms with E-state index < -0.39 is 0 Å². The van der Waals surface area contributed by atoms with Crippen molar-refractivity contribution in [2.75, 3.05) is 0 Å². The number of hydrogen-bond donors (Lipinski definition) is 0. The molecule has 0 N–H and O–H groups in total. The smallest absolute Gasteiger partial charge is 0.0734 e. The molecule has 0 fully saturated rings. The molecule has 0 radical (unpaired) electrons. The highest BCUT2D eigenvalue weighted by Crippen LogP contribution is 2.49. The van der Waals surface area contributed by atoms with Crippen LogP contribution in [0.2, 0.25) is 0 Å². The van der Waals surface area contributed by atoms with Gasteiger partial charge in [-0.15, -0.1) is 0 Å². The molecule has 0 saturated carbocycles. The van der Waals surface area contributed by atoms with Crippen LogP contribution < -0.4 is 0 Å². The molecule has 2 heteroatoms. The van der Waals surface area contributed by atoms with Gasteiger partial charge in [0.25, 0.3) is 0 Å². The fourth-order valence-electron chi connectivity index (χ4n) is 9.80. The van der Waals surface area contributed by atoms with E-state index in [1.165, 1.54) is 108 Å². The molecule has 53 heavy (non-hydrogen) atoms. The molecule has 2 nitrogen and oxygen atoms in total. The van der Waals surface area contributed by atoms with Gasteiger partial charge in [0.1, 0.15) is 0 Å². The first-order valence-electron chi connectivity index (χ1n) is 18.5. The van der Waals surface area contributed by atoms with E-state index in [9.17, 15) is 0 Å². The molecule has 0 aliphatic carbocycles. The molecule has 0 aliphatic rings. The van der Waals surface area contributed by atoms with E-state index >= 15 is 0 Å². The summed E-state index contributed by atoms with van der Waals surface area (Å²) in [6, 6.07) is 58.6. The Labute approximate surface area is 305 Å². The van der Waals surface area contributed by atoms with E-state index in [0.717, 1.165) is 17.1 Å². The Morgan fingerprint density at radius 1 is 0.358 bits per heavy atom. The summed E-state index contributed by atoms with van der Waals surface area (Å²) in [5.41, 5.74) is 8.29. The number of rotatable bonds is 3. The third-order valence-electron chi connectivity index (χ3n) is 12.0. The lowest BCUT2D eigenvalue weighted by Gasteiger charge is -2.20. The quantitative estimate of drug-likeness (QED) is 0.135. The van der Waals surface area contributed by atoms with Gasteiger partial charge in [-0.1, -0.05) is 152 Å². The van der Waals surface area contributed by atoms with Crippen molar-refractivity contribution >= 4 is 86.2 Å². The predicted octanol–water partition coefficient (Wildman–Crippen LogP) is 13.9. The zero-order valence-corrected chi connectivity index (χ0v) is 29.4. The standard InChI is InChI=1S/C51H32N2/c1-29-45(30(2)53(52-29)44-28-36-14-8-12-32-20-22-34-13-9-19-43(44)49(34)47(32)36)51-39-17-5-3-15-37(39)50(38-16-4-6-18-40(38)51)42-27-25-35-23-21-31-10-7-11-33-24-26-41(42)48(35)46(31)33/h3-28H,1-2H3. The van der Waals surface area contributed by atoms with Gasteiger partial charge in [-0.05, 0) is 112 Å². The summed E-state index contributed by atoms with van der Waals surface area (Å²) in [6.07, 6.45) is 0. The molecule has 0 amide bonds. The summed E-state index contributed by atoms with van der Waals surface area (Å²) in [5, 5.41) is 25.8. The lowest BCUT2D eigenvalue weighted by molar-refractivity contribution is 0.841. The van der Waals surface area contributed by atoms with Gasteiger partial charge in [-0.2, -0.15) is 5.10 Å². The Bertz CT molecular complexity index is 3400. The van der Waals surface area contributed by atoms with Gasteiger partial charge in [0.15, 0.2) is 0 Å². The van der Waals surface area contributed by atoms with Crippen LogP contribution >= 0.6 is 0 Å². The molecule has 11 aromatic carbocycles. The van der Waals surface area contributed by atoms with Gasteiger partial charge in [0, 0.05) is 22.2 Å². The van der Waals surface area contributed by atoms with Crippen molar-refractivity contribution in [3.05, 3.63) is 169 Å². The number of nitrogens with zero attached hydrogens (tertiary/aromatic N) is 2. The summed E-state index contributed by atoms with van der Waals surface area (Å²) in [5.74, 6) is 0. The Morgan fingerprint density at radius 2 is 0.811 bits per heavy atom. The molecule has 0 saturated heterocycles. The monoisotopic (exact) mass is 672 g/mol. The van der Waals surface area contributed by atoms with Crippen molar-refractivity contribution in [2.24, 2.45) is 0 Å². The number of aryl methyl sites for hydroxylation is 1. The number of aromatic nitrogens is 2. The summed E-state index contributed by atoms with van der Waals surface area (Å²) in [7, 11) is 0. The summed E-state index contributed by atoms with van der Waals surface area (Å²) < 4.78 is 2.20. The van der Waals surface area contributed by atoms with Crippen molar-refractivity contribution in [2.45, 2.75) is 13.8 Å². The molecule has 0 bridgehead atoms. The van der Waals surface area contributed by atoms with Crippen LogP contribution in [0.3, 0.4) is 0 Å². The summed E-state index contributed by atoms with van der Waals surface area (Å²) in [4.78, 5) is 0. The van der Waals surface area contributed by atoms with E-state index in [0.29, 0.717) is 0 Å². The van der Waals surface area contributed by atoms with Crippen LogP contribution in [0.5, 0.6) is 0 Å². The van der Waals surface area contributed by atoms with Crippen molar-refractivity contribution in [3.8, 4) is 27.9 Å². The molecule has 0 spiro atoms. The SMILES string of the molecule is Cc1nn(-c2cc3cccc4ccc5cccc2c5c43)c(C)c1-c1c2ccccc2c(-c2ccc3ccc4cccc5ccc2c3c45)c2ccccc12. The fourth-order valence-corrected chi connectivity index (χ4v) is 9.80. The minimum Gasteiger partial charge on any atom is -0.237 e. The molecule has 0 atom stereocenters. The molecular formula is C51H32N2. The van der Waals surface area contributed by atoms with Gasteiger partial charge in [-0.3, -0.25) is 0 Å². The molecule has 246 valence electrons. The summed E-state index contributed by atoms with van der Waals surface area (Å²) in [6.45, 7) is 4.42. The second-order valence-electron chi connectivity index (χ2n) is 14.7. The lowest BCUT2D eigenvalue weighted by Crippen LogP contribution is -2.01. The average Bonchev–Trinajstić information content (AvgIpc) is 3.50. The van der Waals surface area contributed by atoms with Crippen molar-refractivity contribution in [3.63, 3.8) is 0 Å². The number of fused-ring (bicyclic) bond motifs is 2.